The molecule has 0 fully saturated rings. The van der Waals surface area contributed by atoms with Gasteiger partial charge in [0.25, 0.3) is 5.91 Å². The number of thiazole rings is 1. The molecular weight excluding hydrogens is 422 g/mol. The second kappa shape index (κ2) is 9.53. The molecule has 0 saturated carbocycles. The van der Waals surface area contributed by atoms with Gasteiger partial charge in [0.2, 0.25) is 0 Å². The number of aromatic nitrogens is 1. The third-order valence-electron chi connectivity index (χ3n) is 4.87. The predicted octanol–water partition coefficient (Wildman–Crippen LogP) is 6.13. The summed E-state index contributed by atoms with van der Waals surface area (Å²) in [7, 11) is 3.05. The van der Waals surface area contributed by atoms with E-state index in [1.807, 2.05) is 41.8 Å². The summed E-state index contributed by atoms with van der Waals surface area (Å²) in [5, 5.41) is 9.07. The van der Waals surface area contributed by atoms with Crippen LogP contribution in [0, 0.1) is 6.92 Å². The van der Waals surface area contributed by atoms with Gasteiger partial charge in [-0.05, 0) is 48.9 Å². The van der Waals surface area contributed by atoms with Crippen LogP contribution < -0.4 is 20.1 Å². The fourth-order valence-electron chi connectivity index (χ4n) is 3.30. The maximum atomic E-state index is 12.8. The average molecular weight is 446 g/mol. The maximum Gasteiger partial charge on any atom is 0.263 e. The van der Waals surface area contributed by atoms with Gasteiger partial charge in [0.15, 0.2) is 5.13 Å². The molecule has 0 atom stereocenters. The molecule has 0 aliphatic heterocycles. The molecule has 6 nitrogen and oxygen atoms in total. The van der Waals surface area contributed by atoms with Crippen LogP contribution in [-0.2, 0) is 0 Å². The van der Waals surface area contributed by atoms with E-state index in [2.05, 4.69) is 34.7 Å². The van der Waals surface area contributed by atoms with Crippen molar-refractivity contribution in [2.45, 2.75) is 6.92 Å². The maximum absolute atomic E-state index is 12.8. The first-order valence-corrected chi connectivity index (χ1v) is 10.9. The summed E-state index contributed by atoms with van der Waals surface area (Å²) in [6.45, 7) is 2.06. The minimum absolute atomic E-state index is 0.301. The molecule has 0 saturated heterocycles. The molecule has 1 aromatic heterocycles. The number of benzene rings is 3. The van der Waals surface area contributed by atoms with Gasteiger partial charge in [-0.25, -0.2) is 4.98 Å². The molecule has 0 aliphatic rings. The molecule has 0 unspecified atom stereocenters. The summed E-state index contributed by atoms with van der Waals surface area (Å²) < 4.78 is 10.6. The number of nitrogens with zero attached hydrogens (tertiary/aromatic N) is 1. The molecule has 0 spiro atoms. The average Bonchev–Trinajstić information content (AvgIpc) is 3.27. The van der Waals surface area contributed by atoms with E-state index in [1.165, 1.54) is 19.8 Å². The minimum atomic E-state index is -0.301. The Labute approximate surface area is 190 Å². The summed E-state index contributed by atoms with van der Waals surface area (Å²) >= 11 is 1.55. The van der Waals surface area contributed by atoms with Gasteiger partial charge in [-0.3, -0.25) is 4.79 Å². The molecule has 1 heterocycles. The number of rotatable bonds is 7. The third-order valence-corrected chi connectivity index (χ3v) is 5.62. The molecule has 1 amide bonds. The molecule has 0 radical (unpaired) electrons. The van der Waals surface area contributed by atoms with Crippen molar-refractivity contribution in [1.29, 1.82) is 0 Å². The molecule has 0 bridgehead atoms. The first-order valence-electron chi connectivity index (χ1n) is 9.99. The Balaban J connectivity index is 1.47. The Morgan fingerprint density at radius 3 is 2.25 bits per heavy atom. The highest BCUT2D eigenvalue weighted by Gasteiger charge is 2.18. The van der Waals surface area contributed by atoms with Crippen molar-refractivity contribution < 1.29 is 14.3 Å². The smallest absolute Gasteiger partial charge is 0.263 e. The number of carbonyl (C=O) groups is 1. The van der Waals surface area contributed by atoms with Crippen LogP contribution in [0.5, 0.6) is 11.5 Å². The van der Waals surface area contributed by atoms with Gasteiger partial charge in [-0.15, -0.1) is 11.3 Å². The van der Waals surface area contributed by atoms with E-state index < -0.39 is 0 Å². The van der Waals surface area contributed by atoms with Crippen molar-refractivity contribution >= 4 is 33.8 Å². The lowest BCUT2D eigenvalue weighted by Crippen LogP contribution is -2.14. The van der Waals surface area contributed by atoms with Gasteiger partial charge in [-0.2, -0.15) is 0 Å². The number of anilines is 3. The number of hydrogen-bond donors (Lipinski definition) is 2. The van der Waals surface area contributed by atoms with E-state index in [0.29, 0.717) is 22.7 Å². The van der Waals surface area contributed by atoms with Crippen LogP contribution in [-0.4, -0.2) is 25.1 Å². The molecule has 3 aromatic carbocycles. The Hall–Kier alpha value is -3.84. The molecule has 4 aromatic rings. The highest BCUT2D eigenvalue weighted by Crippen LogP contribution is 2.30. The lowest BCUT2D eigenvalue weighted by molar-refractivity contribution is 0.102. The summed E-state index contributed by atoms with van der Waals surface area (Å²) in [6, 6.07) is 21.0. The zero-order valence-electron chi connectivity index (χ0n) is 18.0. The highest BCUT2D eigenvalue weighted by molar-refractivity contribution is 7.14. The normalized spacial score (nSPS) is 10.5. The first-order chi connectivity index (χ1) is 15.6. The fourth-order valence-corrected chi connectivity index (χ4v) is 4.04. The standard InChI is InChI=1S/C25H23N3O3S/c1-16-6-4-7-19(14-16)27-25-28-20(15-32-25)17-10-12-18(13-11-17)26-24(29)23-21(30-2)8-5-9-22(23)31-3/h4-15H,1-3H3,(H,26,29)(H,27,28). The van der Waals surface area contributed by atoms with E-state index >= 15 is 0 Å². The number of aryl methyl sites for hydroxylation is 1. The van der Waals surface area contributed by atoms with E-state index in [1.54, 1.807) is 29.5 Å². The number of nitrogens with one attached hydrogen (secondary N) is 2. The van der Waals surface area contributed by atoms with Crippen LogP contribution in [0.3, 0.4) is 0 Å². The van der Waals surface area contributed by atoms with E-state index in [4.69, 9.17) is 9.47 Å². The fraction of sp³-hybridized carbons (Fsp3) is 0.120. The van der Waals surface area contributed by atoms with Crippen molar-refractivity contribution in [3.05, 3.63) is 83.2 Å². The molecule has 162 valence electrons. The topological polar surface area (TPSA) is 72.5 Å². The lowest BCUT2D eigenvalue weighted by atomic mass is 10.1. The van der Waals surface area contributed by atoms with Crippen LogP contribution in [0.1, 0.15) is 15.9 Å². The molecule has 2 N–H and O–H groups in total. The number of amides is 1. The van der Waals surface area contributed by atoms with E-state index in [0.717, 1.165) is 22.1 Å². The van der Waals surface area contributed by atoms with Crippen LogP contribution in [0.15, 0.2) is 72.1 Å². The van der Waals surface area contributed by atoms with Crippen molar-refractivity contribution in [3.8, 4) is 22.8 Å². The first kappa shape index (κ1) is 21.4. The van der Waals surface area contributed by atoms with Gasteiger partial charge in [0.1, 0.15) is 17.1 Å². The predicted molar refractivity (Wildman–Crippen MR) is 130 cm³/mol. The Morgan fingerprint density at radius 2 is 1.59 bits per heavy atom. The number of methoxy groups -OCH3 is 2. The van der Waals surface area contributed by atoms with Crippen molar-refractivity contribution in [3.63, 3.8) is 0 Å². The zero-order valence-corrected chi connectivity index (χ0v) is 18.8. The van der Waals surface area contributed by atoms with Crippen LogP contribution in [0.4, 0.5) is 16.5 Å². The second-order valence-electron chi connectivity index (χ2n) is 7.10. The Morgan fingerprint density at radius 1 is 0.906 bits per heavy atom. The lowest BCUT2D eigenvalue weighted by Gasteiger charge is -2.13. The molecule has 0 aliphatic carbocycles. The van der Waals surface area contributed by atoms with Gasteiger partial charge in [0.05, 0.1) is 19.9 Å². The summed E-state index contributed by atoms with van der Waals surface area (Å²) in [6.07, 6.45) is 0. The highest BCUT2D eigenvalue weighted by atomic mass is 32.1. The van der Waals surface area contributed by atoms with Crippen molar-refractivity contribution in [2.75, 3.05) is 24.9 Å². The molecule has 7 heteroatoms. The van der Waals surface area contributed by atoms with Crippen LogP contribution in [0.25, 0.3) is 11.3 Å². The quantitative estimate of drug-likeness (QED) is 0.358. The largest absolute Gasteiger partial charge is 0.496 e. The SMILES string of the molecule is COc1cccc(OC)c1C(=O)Nc1ccc(-c2csc(Nc3cccc(C)c3)n2)cc1. The van der Waals surface area contributed by atoms with Gasteiger partial charge < -0.3 is 20.1 Å². The van der Waals surface area contributed by atoms with Crippen LogP contribution in [0.2, 0.25) is 0 Å². The van der Waals surface area contributed by atoms with Gasteiger partial charge in [0, 0.05) is 22.3 Å². The molecular formula is C25H23N3O3S. The van der Waals surface area contributed by atoms with E-state index in [-0.39, 0.29) is 5.91 Å². The summed E-state index contributed by atoms with van der Waals surface area (Å²) in [5.41, 5.74) is 5.06. The monoisotopic (exact) mass is 445 g/mol. The number of ether oxygens (including phenoxy) is 2. The van der Waals surface area contributed by atoms with Gasteiger partial charge >= 0.3 is 0 Å². The zero-order chi connectivity index (χ0) is 22.5. The number of hydrogen-bond acceptors (Lipinski definition) is 6. The Kier molecular flexibility index (Phi) is 6.37. The van der Waals surface area contributed by atoms with Crippen molar-refractivity contribution in [2.24, 2.45) is 0 Å². The van der Waals surface area contributed by atoms with Crippen molar-refractivity contribution in [1.82, 2.24) is 4.98 Å². The number of carbonyl (C=O) groups excluding carboxylic acids is 1. The van der Waals surface area contributed by atoms with E-state index in [9.17, 15) is 4.79 Å². The second-order valence-corrected chi connectivity index (χ2v) is 7.96. The summed E-state index contributed by atoms with van der Waals surface area (Å²) in [5.74, 6) is 0.606. The molecule has 4 rings (SSSR count). The van der Waals surface area contributed by atoms with Crippen LogP contribution >= 0.6 is 11.3 Å². The third kappa shape index (κ3) is 4.73. The molecule has 32 heavy (non-hydrogen) atoms. The minimum Gasteiger partial charge on any atom is -0.496 e. The summed E-state index contributed by atoms with van der Waals surface area (Å²) in [4.78, 5) is 17.5. The Bertz CT molecular complexity index is 1210. The van der Waals surface area contributed by atoms with Gasteiger partial charge in [-0.1, -0.05) is 30.3 Å².